The zero-order valence-corrected chi connectivity index (χ0v) is 11.9. The van der Waals surface area contributed by atoms with Gasteiger partial charge in [-0.3, -0.25) is 0 Å². The van der Waals surface area contributed by atoms with Crippen molar-refractivity contribution in [1.82, 2.24) is 15.1 Å². The third-order valence-electron chi connectivity index (χ3n) is 4.44. The van der Waals surface area contributed by atoms with E-state index in [0.717, 1.165) is 26.1 Å². The lowest BCUT2D eigenvalue weighted by molar-refractivity contribution is 0.0765. The third-order valence-corrected chi connectivity index (χ3v) is 4.44. The number of likely N-dealkylation sites (tertiary alicyclic amines) is 1. The average molecular weight is 245 g/mol. The Bertz CT molecular complexity index is 263. The maximum absolute atomic E-state index is 6.30. The molecule has 0 unspecified atom stereocenters. The number of hydrogen-bond donors (Lipinski definition) is 1. The Balaban J connectivity index is 1.94. The largest absolute Gasteiger partial charge is 0.315 e. The normalized spacial score (nSPS) is 28.4. The van der Waals surface area contributed by atoms with Gasteiger partial charge in [0.1, 0.15) is 0 Å². The molecule has 0 spiro atoms. The Morgan fingerprint density at radius 3 is 2.39 bits per heavy atom. The Morgan fingerprint density at radius 1 is 1.11 bits per heavy atom. The lowest BCUT2D eigenvalue weighted by atomic mass is 9.58. The fourth-order valence-corrected chi connectivity index (χ4v) is 3.20. The number of piperidine rings is 1. The van der Waals surface area contributed by atoms with Gasteiger partial charge in [-0.2, -0.15) is 0 Å². The van der Waals surface area contributed by atoms with E-state index in [2.05, 4.69) is 29.0 Å². The smallest absolute Gasteiger partial charge is 0.0825 e. The Labute approximate surface area is 114 Å². The number of rotatable bonds is 2. The van der Waals surface area contributed by atoms with E-state index in [0.29, 0.717) is 12.1 Å². The molecule has 3 nitrogen and oxygen atoms in total. The first-order valence-corrected chi connectivity index (χ1v) is 7.30. The molecule has 0 saturated carbocycles. The first-order chi connectivity index (χ1) is 8.50. The molecule has 0 aromatic heterocycles. The highest BCUT2D eigenvalue weighted by molar-refractivity contribution is 6.40. The van der Waals surface area contributed by atoms with Gasteiger partial charge in [-0.25, -0.2) is 0 Å². The molecule has 18 heavy (non-hydrogen) atoms. The highest BCUT2D eigenvalue weighted by Gasteiger charge is 2.34. The van der Waals surface area contributed by atoms with Crippen molar-refractivity contribution in [3.63, 3.8) is 0 Å². The SMILES string of the molecule is [B]C1([B])CCNCCN1C1CCN(C(C)C)CC1. The quantitative estimate of drug-likeness (QED) is 0.698. The van der Waals surface area contributed by atoms with E-state index in [1.165, 1.54) is 25.9 Å². The molecule has 1 N–H and O–H groups in total. The van der Waals surface area contributed by atoms with Crippen molar-refractivity contribution < 1.29 is 0 Å². The van der Waals surface area contributed by atoms with Gasteiger partial charge in [0.15, 0.2) is 0 Å². The van der Waals surface area contributed by atoms with Gasteiger partial charge in [-0.15, -0.1) is 0 Å². The summed E-state index contributed by atoms with van der Waals surface area (Å²) in [6, 6.07) is 1.20. The molecular weight excluding hydrogens is 220 g/mol. The summed E-state index contributed by atoms with van der Waals surface area (Å²) >= 11 is 0. The highest BCUT2D eigenvalue weighted by Crippen LogP contribution is 2.24. The summed E-state index contributed by atoms with van der Waals surface area (Å²) in [6.45, 7) is 9.78. The fourth-order valence-electron chi connectivity index (χ4n) is 3.20. The van der Waals surface area contributed by atoms with Crippen LogP contribution in [0.3, 0.4) is 0 Å². The predicted molar refractivity (Wildman–Crippen MR) is 78.2 cm³/mol. The zero-order valence-electron chi connectivity index (χ0n) is 11.9. The molecule has 0 atom stereocenters. The topological polar surface area (TPSA) is 18.5 Å². The van der Waals surface area contributed by atoms with Crippen LogP contribution in [-0.4, -0.2) is 75.6 Å². The lowest BCUT2D eigenvalue weighted by Crippen LogP contribution is -2.58. The van der Waals surface area contributed by atoms with E-state index in [9.17, 15) is 0 Å². The molecule has 2 rings (SSSR count). The van der Waals surface area contributed by atoms with Crippen LogP contribution in [0.5, 0.6) is 0 Å². The van der Waals surface area contributed by atoms with Crippen LogP contribution in [0.15, 0.2) is 0 Å². The second kappa shape index (κ2) is 5.98. The predicted octanol–water partition coefficient (Wildman–Crippen LogP) is 0.145. The minimum absolute atomic E-state index is 0.551. The molecule has 0 amide bonds. The lowest BCUT2D eigenvalue weighted by Gasteiger charge is -2.47. The van der Waals surface area contributed by atoms with Crippen LogP contribution < -0.4 is 5.32 Å². The van der Waals surface area contributed by atoms with Crippen LogP contribution in [0.1, 0.15) is 33.1 Å². The van der Waals surface area contributed by atoms with Gasteiger partial charge in [-0.05, 0) is 52.7 Å². The van der Waals surface area contributed by atoms with E-state index >= 15 is 0 Å². The van der Waals surface area contributed by atoms with Crippen LogP contribution in [0.2, 0.25) is 0 Å². The summed E-state index contributed by atoms with van der Waals surface area (Å²) in [5, 5.41) is 2.76. The molecule has 0 aromatic rings. The first-order valence-electron chi connectivity index (χ1n) is 7.30. The van der Waals surface area contributed by atoms with Crippen molar-refractivity contribution in [3.05, 3.63) is 0 Å². The maximum atomic E-state index is 6.30. The van der Waals surface area contributed by atoms with Crippen molar-refractivity contribution in [2.45, 2.75) is 50.5 Å². The second-order valence-electron chi connectivity index (χ2n) is 6.05. The molecule has 0 aliphatic carbocycles. The molecule has 0 bridgehead atoms. The fraction of sp³-hybridized carbons (Fsp3) is 1.00. The minimum atomic E-state index is -0.631. The van der Waals surface area contributed by atoms with Crippen molar-refractivity contribution in [2.24, 2.45) is 0 Å². The monoisotopic (exact) mass is 245 g/mol. The molecular formula is C13H25B2N3. The van der Waals surface area contributed by atoms with Crippen molar-refractivity contribution in [1.29, 1.82) is 0 Å². The van der Waals surface area contributed by atoms with E-state index in [1.54, 1.807) is 0 Å². The summed E-state index contributed by atoms with van der Waals surface area (Å²) in [5.41, 5.74) is 0. The van der Waals surface area contributed by atoms with Crippen LogP contribution in [-0.2, 0) is 0 Å². The molecule has 2 fully saturated rings. The summed E-state index contributed by atoms with van der Waals surface area (Å²) < 4.78 is 0. The van der Waals surface area contributed by atoms with Crippen molar-refractivity contribution >= 4 is 15.7 Å². The first kappa shape index (κ1) is 14.4. The van der Waals surface area contributed by atoms with Gasteiger partial charge >= 0.3 is 0 Å². The molecule has 2 saturated heterocycles. The molecule has 0 aromatic carbocycles. The van der Waals surface area contributed by atoms with Gasteiger partial charge in [0.25, 0.3) is 0 Å². The Morgan fingerprint density at radius 2 is 1.78 bits per heavy atom. The maximum Gasteiger partial charge on any atom is 0.0825 e. The van der Waals surface area contributed by atoms with Gasteiger partial charge < -0.3 is 15.1 Å². The molecule has 5 heteroatoms. The summed E-state index contributed by atoms with van der Waals surface area (Å²) in [5.74, 6) is 0. The Hall–Kier alpha value is 0.00987. The Kier molecular flexibility index (Phi) is 4.79. The number of hydrogen-bond acceptors (Lipinski definition) is 3. The standard InChI is InChI=1S/C13H25B2N3/c1-11(2)17-8-3-12(4-9-17)18-10-7-16-6-5-13(18,14)15/h11-12,16H,3-10H2,1-2H3. The third kappa shape index (κ3) is 3.31. The van der Waals surface area contributed by atoms with Crippen molar-refractivity contribution in [2.75, 3.05) is 32.7 Å². The molecule has 2 heterocycles. The molecule has 2 aliphatic heterocycles. The van der Waals surface area contributed by atoms with Crippen LogP contribution in [0.25, 0.3) is 0 Å². The number of nitrogens with zero attached hydrogens (tertiary/aromatic N) is 2. The van der Waals surface area contributed by atoms with Gasteiger partial charge in [0.05, 0.1) is 15.7 Å². The number of nitrogens with one attached hydrogen (secondary N) is 1. The molecule has 2 aliphatic rings. The second-order valence-corrected chi connectivity index (χ2v) is 6.05. The van der Waals surface area contributed by atoms with E-state index in [1.807, 2.05) is 0 Å². The van der Waals surface area contributed by atoms with Crippen LogP contribution >= 0.6 is 0 Å². The molecule has 98 valence electrons. The van der Waals surface area contributed by atoms with E-state index < -0.39 is 5.34 Å². The summed E-state index contributed by atoms with van der Waals surface area (Å²) in [6.07, 6.45) is 3.21. The van der Waals surface area contributed by atoms with Crippen LogP contribution in [0, 0.1) is 0 Å². The van der Waals surface area contributed by atoms with E-state index in [-0.39, 0.29) is 0 Å². The van der Waals surface area contributed by atoms with Gasteiger partial charge in [-0.1, -0.05) is 5.34 Å². The van der Waals surface area contributed by atoms with Crippen molar-refractivity contribution in [3.8, 4) is 0 Å². The highest BCUT2D eigenvalue weighted by atomic mass is 15.2. The van der Waals surface area contributed by atoms with Gasteiger partial charge in [0.2, 0.25) is 0 Å². The average Bonchev–Trinajstić information content (AvgIpc) is 2.50. The van der Waals surface area contributed by atoms with Crippen LogP contribution in [0.4, 0.5) is 0 Å². The summed E-state index contributed by atoms with van der Waals surface area (Å²) in [4.78, 5) is 4.88. The van der Waals surface area contributed by atoms with E-state index in [4.69, 9.17) is 15.7 Å². The minimum Gasteiger partial charge on any atom is -0.315 e. The van der Waals surface area contributed by atoms with Gasteiger partial charge in [0, 0.05) is 25.2 Å². The zero-order chi connectivity index (χ0) is 13.2. The molecule has 4 radical (unpaired) electrons. The summed E-state index contributed by atoms with van der Waals surface area (Å²) in [7, 11) is 12.6.